The highest BCUT2D eigenvalue weighted by Crippen LogP contribution is 2.39. The number of nitrogens with zero attached hydrogens (tertiary/aromatic N) is 2. The molecular formula is C17H28N2O. The van der Waals surface area contributed by atoms with E-state index in [1.165, 1.54) is 12.0 Å². The van der Waals surface area contributed by atoms with Gasteiger partial charge in [-0.05, 0) is 48.4 Å². The van der Waals surface area contributed by atoms with Gasteiger partial charge in [0.15, 0.2) is 0 Å². The summed E-state index contributed by atoms with van der Waals surface area (Å²) in [7, 11) is 0. The van der Waals surface area contributed by atoms with Gasteiger partial charge in [0.05, 0.1) is 6.10 Å². The summed E-state index contributed by atoms with van der Waals surface area (Å²) >= 11 is 0. The summed E-state index contributed by atoms with van der Waals surface area (Å²) in [5, 5.41) is 10.6. The Hall–Kier alpha value is -0.930. The highest BCUT2D eigenvalue weighted by atomic mass is 16.3. The van der Waals surface area contributed by atoms with Crippen LogP contribution in [0.25, 0.3) is 0 Å². The van der Waals surface area contributed by atoms with Crippen LogP contribution in [0.1, 0.15) is 45.6 Å². The average molecular weight is 276 g/mol. The van der Waals surface area contributed by atoms with Crippen LogP contribution in [0.3, 0.4) is 0 Å². The first-order chi connectivity index (χ1) is 9.53. The van der Waals surface area contributed by atoms with E-state index in [2.05, 4.69) is 42.8 Å². The van der Waals surface area contributed by atoms with Crippen LogP contribution in [-0.4, -0.2) is 34.2 Å². The van der Waals surface area contributed by atoms with Gasteiger partial charge in [0.1, 0.15) is 0 Å². The molecule has 0 spiro atoms. The number of hydrogen-bond acceptors (Lipinski definition) is 3. The molecule has 1 aromatic rings. The fourth-order valence-corrected chi connectivity index (χ4v) is 3.34. The van der Waals surface area contributed by atoms with Crippen molar-refractivity contribution in [2.75, 3.05) is 13.1 Å². The third-order valence-corrected chi connectivity index (χ3v) is 4.74. The Morgan fingerprint density at radius 2 is 2.05 bits per heavy atom. The number of aliphatic hydroxyl groups excluding tert-OH is 1. The van der Waals surface area contributed by atoms with E-state index < -0.39 is 0 Å². The topological polar surface area (TPSA) is 36.4 Å². The van der Waals surface area contributed by atoms with E-state index in [9.17, 15) is 5.11 Å². The van der Waals surface area contributed by atoms with Gasteiger partial charge >= 0.3 is 0 Å². The zero-order valence-corrected chi connectivity index (χ0v) is 13.0. The molecule has 3 nitrogen and oxygen atoms in total. The van der Waals surface area contributed by atoms with Gasteiger partial charge in [-0.3, -0.25) is 9.88 Å². The minimum atomic E-state index is -0.178. The number of hydrogen-bond donors (Lipinski definition) is 1. The van der Waals surface area contributed by atoms with Crippen molar-refractivity contribution < 1.29 is 5.11 Å². The Balaban J connectivity index is 1.96. The fourth-order valence-electron chi connectivity index (χ4n) is 3.34. The largest absolute Gasteiger partial charge is 0.392 e. The molecule has 2 rings (SSSR count). The van der Waals surface area contributed by atoms with E-state index in [4.69, 9.17) is 0 Å². The van der Waals surface area contributed by atoms with Crippen molar-refractivity contribution in [1.29, 1.82) is 0 Å². The van der Waals surface area contributed by atoms with Crippen LogP contribution >= 0.6 is 0 Å². The molecule has 0 aromatic carbocycles. The van der Waals surface area contributed by atoms with Gasteiger partial charge in [-0.25, -0.2) is 0 Å². The molecule has 1 fully saturated rings. The monoisotopic (exact) mass is 276 g/mol. The minimum Gasteiger partial charge on any atom is -0.392 e. The Bertz CT molecular complexity index is 405. The number of rotatable bonds is 5. The maximum Gasteiger partial charge on any atom is 0.0631 e. The third-order valence-electron chi connectivity index (χ3n) is 4.74. The summed E-state index contributed by atoms with van der Waals surface area (Å²) in [4.78, 5) is 6.50. The van der Waals surface area contributed by atoms with E-state index in [0.29, 0.717) is 5.92 Å². The maximum absolute atomic E-state index is 10.6. The molecule has 2 unspecified atom stereocenters. The summed E-state index contributed by atoms with van der Waals surface area (Å²) in [5.74, 6) is 0.403. The Morgan fingerprint density at radius 3 is 2.70 bits per heavy atom. The molecule has 3 heteroatoms. The summed E-state index contributed by atoms with van der Waals surface area (Å²) < 4.78 is 0. The molecule has 1 aromatic heterocycles. The molecule has 20 heavy (non-hydrogen) atoms. The molecule has 1 aliphatic rings. The van der Waals surface area contributed by atoms with E-state index in [-0.39, 0.29) is 11.5 Å². The molecule has 0 saturated heterocycles. The van der Waals surface area contributed by atoms with Crippen molar-refractivity contribution in [2.45, 2.75) is 52.7 Å². The summed E-state index contributed by atoms with van der Waals surface area (Å²) in [6, 6.07) is 4.15. The third kappa shape index (κ3) is 3.80. The number of pyridine rings is 1. The molecular weight excluding hydrogens is 248 g/mol. The number of aliphatic hydroxyl groups is 1. The Morgan fingerprint density at radius 1 is 1.35 bits per heavy atom. The standard InChI is InChI=1S/C17H28N2O/c1-4-19(12-14-7-10-18-11-8-14)13-15-6-5-9-17(2,3)16(15)20/h7-8,10-11,15-16,20H,4-6,9,12-13H2,1-3H3. The second-order valence-corrected chi connectivity index (χ2v) is 6.77. The van der Waals surface area contributed by atoms with Crippen LogP contribution in [0.15, 0.2) is 24.5 Å². The van der Waals surface area contributed by atoms with Crippen molar-refractivity contribution in [2.24, 2.45) is 11.3 Å². The quantitative estimate of drug-likeness (QED) is 0.898. The van der Waals surface area contributed by atoms with Gasteiger partial charge in [0.2, 0.25) is 0 Å². The fraction of sp³-hybridized carbons (Fsp3) is 0.706. The number of aromatic nitrogens is 1. The van der Waals surface area contributed by atoms with Crippen LogP contribution in [-0.2, 0) is 6.54 Å². The normalized spacial score (nSPS) is 25.9. The van der Waals surface area contributed by atoms with Crippen LogP contribution < -0.4 is 0 Å². The predicted octanol–water partition coefficient (Wildman–Crippen LogP) is 3.09. The lowest BCUT2D eigenvalue weighted by molar-refractivity contribution is -0.0432. The van der Waals surface area contributed by atoms with Crippen LogP contribution in [0.2, 0.25) is 0 Å². The van der Waals surface area contributed by atoms with Gasteiger partial charge in [0, 0.05) is 25.5 Å². The van der Waals surface area contributed by atoms with E-state index in [1.54, 1.807) is 0 Å². The molecule has 1 aliphatic carbocycles. The van der Waals surface area contributed by atoms with E-state index >= 15 is 0 Å². The van der Waals surface area contributed by atoms with Gasteiger partial charge in [-0.2, -0.15) is 0 Å². The molecule has 0 radical (unpaired) electrons. The lowest BCUT2D eigenvalue weighted by atomic mass is 9.69. The Kier molecular flexibility index (Phi) is 5.17. The second kappa shape index (κ2) is 6.68. The van der Waals surface area contributed by atoms with Gasteiger partial charge in [0.25, 0.3) is 0 Å². The first kappa shape index (κ1) is 15.5. The van der Waals surface area contributed by atoms with Crippen molar-refractivity contribution in [3.63, 3.8) is 0 Å². The summed E-state index contributed by atoms with van der Waals surface area (Å²) in [6.45, 7) is 9.55. The molecule has 1 heterocycles. The second-order valence-electron chi connectivity index (χ2n) is 6.77. The van der Waals surface area contributed by atoms with Crippen molar-refractivity contribution in [3.8, 4) is 0 Å². The smallest absolute Gasteiger partial charge is 0.0631 e. The van der Waals surface area contributed by atoms with Crippen LogP contribution in [0, 0.1) is 11.3 Å². The summed E-state index contributed by atoms with van der Waals surface area (Å²) in [5.41, 5.74) is 1.37. The highest BCUT2D eigenvalue weighted by molar-refractivity contribution is 5.09. The SMILES string of the molecule is CCN(Cc1ccncc1)CC1CCCC(C)(C)C1O. The van der Waals surface area contributed by atoms with Gasteiger partial charge in [-0.15, -0.1) is 0 Å². The first-order valence-corrected chi connectivity index (χ1v) is 7.82. The first-order valence-electron chi connectivity index (χ1n) is 7.82. The molecule has 0 amide bonds. The van der Waals surface area contributed by atoms with Gasteiger partial charge in [-0.1, -0.05) is 27.2 Å². The molecule has 0 aliphatic heterocycles. The van der Waals surface area contributed by atoms with E-state index in [0.717, 1.165) is 32.5 Å². The molecule has 0 bridgehead atoms. The van der Waals surface area contributed by atoms with Gasteiger partial charge < -0.3 is 5.11 Å². The summed E-state index contributed by atoms with van der Waals surface area (Å²) in [6.07, 6.45) is 7.05. The van der Waals surface area contributed by atoms with Crippen molar-refractivity contribution >= 4 is 0 Å². The average Bonchev–Trinajstić information content (AvgIpc) is 2.44. The lowest BCUT2D eigenvalue weighted by Gasteiger charge is -2.42. The van der Waals surface area contributed by atoms with Crippen molar-refractivity contribution in [3.05, 3.63) is 30.1 Å². The maximum atomic E-state index is 10.6. The molecule has 1 N–H and O–H groups in total. The molecule has 112 valence electrons. The zero-order chi connectivity index (χ0) is 14.6. The lowest BCUT2D eigenvalue weighted by Crippen LogP contribution is -2.44. The predicted molar refractivity (Wildman–Crippen MR) is 82.3 cm³/mol. The van der Waals surface area contributed by atoms with Crippen molar-refractivity contribution in [1.82, 2.24) is 9.88 Å². The minimum absolute atomic E-state index is 0.0684. The van der Waals surface area contributed by atoms with Crippen LogP contribution in [0.5, 0.6) is 0 Å². The molecule has 2 atom stereocenters. The zero-order valence-electron chi connectivity index (χ0n) is 13.0. The molecule has 1 saturated carbocycles. The van der Waals surface area contributed by atoms with E-state index in [1.807, 2.05) is 12.4 Å². The Labute approximate surface area is 123 Å². The van der Waals surface area contributed by atoms with Crippen LogP contribution in [0.4, 0.5) is 0 Å². The highest BCUT2D eigenvalue weighted by Gasteiger charge is 2.38.